The van der Waals surface area contributed by atoms with Crippen LogP contribution in [0.5, 0.6) is 0 Å². The standard InChI is InChI=1S/C32H54O/c1-8-20-33-26-16-18-31(6)25(21-26)12-13-27-29-15-14-28(32(29,7)19-17-30(27)31)23(5)10-11-24(9-2)22(3)4/h10-12,22-24,26-30H,8-9,13-21H2,1-7H3/b11-10+/t23?,24?,26?,27?,28?,29?,30?,31-,32+/m1/s1. The van der Waals surface area contributed by atoms with Gasteiger partial charge in [0, 0.05) is 6.61 Å². The van der Waals surface area contributed by atoms with E-state index < -0.39 is 0 Å². The average Bonchev–Trinajstić information content (AvgIpc) is 3.15. The molecule has 0 aliphatic heterocycles. The molecule has 3 saturated carbocycles. The summed E-state index contributed by atoms with van der Waals surface area (Å²) in [6.07, 6.45) is 21.8. The molecule has 0 spiro atoms. The van der Waals surface area contributed by atoms with Crippen LogP contribution in [0.25, 0.3) is 0 Å². The highest BCUT2D eigenvalue weighted by atomic mass is 16.5. The summed E-state index contributed by atoms with van der Waals surface area (Å²) in [5, 5.41) is 0. The van der Waals surface area contributed by atoms with E-state index in [4.69, 9.17) is 4.74 Å². The van der Waals surface area contributed by atoms with E-state index in [1.807, 2.05) is 0 Å². The third kappa shape index (κ3) is 4.66. The lowest BCUT2D eigenvalue weighted by atomic mass is 9.47. The highest BCUT2D eigenvalue weighted by Gasteiger charge is 2.59. The van der Waals surface area contributed by atoms with Crippen LogP contribution < -0.4 is 0 Å². The van der Waals surface area contributed by atoms with Crippen molar-refractivity contribution in [1.82, 2.24) is 0 Å². The van der Waals surface area contributed by atoms with Crippen LogP contribution in [0.4, 0.5) is 0 Å². The van der Waals surface area contributed by atoms with Gasteiger partial charge in [-0.3, -0.25) is 0 Å². The predicted octanol–water partition coefficient (Wildman–Crippen LogP) is 9.24. The van der Waals surface area contributed by atoms with Crippen molar-refractivity contribution in [3.63, 3.8) is 0 Å². The largest absolute Gasteiger partial charge is 0.378 e. The van der Waals surface area contributed by atoms with E-state index in [2.05, 4.69) is 66.7 Å². The van der Waals surface area contributed by atoms with Gasteiger partial charge >= 0.3 is 0 Å². The zero-order chi connectivity index (χ0) is 23.8. The summed E-state index contributed by atoms with van der Waals surface area (Å²) in [5.41, 5.74) is 2.77. The first-order valence-corrected chi connectivity index (χ1v) is 14.7. The summed E-state index contributed by atoms with van der Waals surface area (Å²) in [6, 6.07) is 0. The number of hydrogen-bond donors (Lipinski definition) is 0. The van der Waals surface area contributed by atoms with Gasteiger partial charge in [0.1, 0.15) is 0 Å². The first-order valence-electron chi connectivity index (χ1n) is 14.7. The lowest BCUT2D eigenvalue weighted by Gasteiger charge is -2.58. The van der Waals surface area contributed by atoms with Crippen molar-refractivity contribution in [1.29, 1.82) is 0 Å². The third-order valence-electron chi connectivity index (χ3n) is 11.3. The molecule has 0 bridgehead atoms. The van der Waals surface area contributed by atoms with Gasteiger partial charge in [0.05, 0.1) is 6.10 Å². The first kappa shape index (κ1) is 25.5. The maximum absolute atomic E-state index is 6.20. The molecule has 4 aliphatic rings. The van der Waals surface area contributed by atoms with Gasteiger partial charge in [0.25, 0.3) is 0 Å². The third-order valence-corrected chi connectivity index (χ3v) is 11.3. The van der Waals surface area contributed by atoms with Crippen LogP contribution in [0, 0.1) is 52.3 Å². The van der Waals surface area contributed by atoms with Gasteiger partial charge in [-0.05, 0) is 116 Å². The summed E-state index contributed by atoms with van der Waals surface area (Å²) in [4.78, 5) is 0. The lowest BCUT2D eigenvalue weighted by molar-refractivity contribution is -0.0612. The van der Waals surface area contributed by atoms with Crippen molar-refractivity contribution in [2.45, 2.75) is 119 Å². The monoisotopic (exact) mass is 454 g/mol. The maximum Gasteiger partial charge on any atom is 0.0612 e. The molecule has 4 aliphatic carbocycles. The van der Waals surface area contributed by atoms with Crippen molar-refractivity contribution in [2.24, 2.45) is 52.3 Å². The molecule has 188 valence electrons. The Bertz CT molecular complexity index is 718. The van der Waals surface area contributed by atoms with E-state index in [0.29, 0.717) is 16.9 Å². The highest BCUT2D eigenvalue weighted by molar-refractivity contribution is 5.25. The fraction of sp³-hybridized carbons (Fsp3) is 0.875. The van der Waals surface area contributed by atoms with Gasteiger partial charge in [0.2, 0.25) is 0 Å². The van der Waals surface area contributed by atoms with Crippen LogP contribution in [-0.2, 0) is 4.74 Å². The maximum atomic E-state index is 6.20. The second-order valence-corrected chi connectivity index (χ2v) is 13.3. The van der Waals surface area contributed by atoms with Gasteiger partial charge in [-0.15, -0.1) is 0 Å². The lowest BCUT2D eigenvalue weighted by Crippen LogP contribution is -2.50. The zero-order valence-corrected chi connectivity index (χ0v) is 23.0. The SMILES string of the molecule is CCCOC1CC[C@]2(C)C(=CCC3C4CCC(C(C)/C=C/C(CC)C(C)C)[C@]4(C)CCC32)C1. The van der Waals surface area contributed by atoms with Gasteiger partial charge in [-0.1, -0.05) is 72.3 Å². The molecule has 9 atom stereocenters. The van der Waals surface area contributed by atoms with E-state index >= 15 is 0 Å². The summed E-state index contributed by atoms with van der Waals surface area (Å²) in [5.74, 6) is 5.87. The highest BCUT2D eigenvalue weighted by Crippen LogP contribution is 2.67. The Morgan fingerprint density at radius 3 is 2.48 bits per heavy atom. The molecular formula is C32H54O. The molecule has 0 N–H and O–H groups in total. The fourth-order valence-electron chi connectivity index (χ4n) is 9.24. The second-order valence-electron chi connectivity index (χ2n) is 13.3. The topological polar surface area (TPSA) is 9.23 Å². The van der Waals surface area contributed by atoms with Crippen molar-refractivity contribution < 1.29 is 4.74 Å². The molecule has 3 fully saturated rings. The normalized spacial score (nSPS) is 42.5. The Morgan fingerprint density at radius 1 is 1.00 bits per heavy atom. The first-order chi connectivity index (χ1) is 15.7. The number of allylic oxidation sites excluding steroid dienone is 3. The molecule has 1 heteroatoms. The van der Waals surface area contributed by atoms with Gasteiger partial charge in [0.15, 0.2) is 0 Å². The van der Waals surface area contributed by atoms with E-state index in [-0.39, 0.29) is 0 Å². The fourth-order valence-corrected chi connectivity index (χ4v) is 9.24. The molecule has 0 amide bonds. The van der Waals surface area contributed by atoms with E-state index in [1.54, 1.807) is 5.57 Å². The van der Waals surface area contributed by atoms with E-state index in [9.17, 15) is 0 Å². The minimum Gasteiger partial charge on any atom is -0.378 e. The molecule has 7 unspecified atom stereocenters. The van der Waals surface area contributed by atoms with Crippen molar-refractivity contribution in [2.75, 3.05) is 6.61 Å². The Hall–Kier alpha value is -0.560. The van der Waals surface area contributed by atoms with Crippen LogP contribution in [0.15, 0.2) is 23.8 Å². The van der Waals surface area contributed by atoms with Gasteiger partial charge in [-0.25, -0.2) is 0 Å². The number of ether oxygens (including phenoxy) is 1. The molecule has 0 saturated heterocycles. The molecule has 33 heavy (non-hydrogen) atoms. The number of hydrogen-bond acceptors (Lipinski definition) is 1. The second kappa shape index (κ2) is 10.2. The van der Waals surface area contributed by atoms with Crippen LogP contribution in [0.1, 0.15) is 113 Å². The minimum atomic E-state index is 0.450. The van der Waals surface area contributed by atoms with Gasteiger partial charge < -0.3 is 4.74 Å². The van der Waals surface area contributed by atoms with E-state index in [0.717, 1.165) is 54.5 Å². The Labute approximate surface area is 206 Å². The van der Waals surface area contributed by atoms with Crippen molar-refractivity contribution >= 4 is 0 Å². The zero-order valence-electron chi connectivity index (χ0n) is 23.0. The van der Waals surface area contributed by atoms with Crippen LogP contribution in [0.2, 0.25) is 0 Å². The Morgan fingerprint density at radius 2 is 1.79 bits per heavy atom. The molecule has 0 heterocycles. The molecule has 1 nitrogen and oxygen atoms in total. The molecule has 0 radical (unpaired) electrons. The summed E-state index contributed by atoms with van der Waals surface area (Å²) < 4.78 is 6.20. The molecule has 0 aromatic rings. The minimum absolute atomic E-state index is 0.450. The van der Waals surface area contributed by atoms with E-state index in [1.165, 1.54) is 57.8 Å². The summed E-state index contributed by atoms with van der Waals surface area (Å²) >= 11 is 0. The quantitative estimate of drug-likeness (QED) is 0.332. The van der Waals surface area contributed by atoms with Crippen LogP contribution in [0.3, 0.4) is 0 Å². The Kier molecular flexibility index (Phi) is 7.89. The van der Waals surface area contributed by atoms with Crippen LogP contribution >= 0.6 is 0 Å². The summed E-state index contributed by atoms with van der Waals surface area (Å²) in [7, 11) is 0. The molecule has 0 aromatic heterocycles. The van der Waals surface area contributed by atoms with Crippen LogP contribution in [-0.4, -0.2) is 12.7 Å². The van der Waals surface area contributed by atoms with Crippen molar-refractivity contribution in [3.05, 3.63) is 23.8 Å². The average molecular weight is 455 g/mol. The molecule has 4 rings (SSSR count). The number of fused-ring (bicyclic) bond motifs is 5. The molecule has 0 aromatic carbocycles. The van der Waals surface area contributed by atoms with Crippen molar-refractivity contribution in [3.8, 4) is 0 Å². The number of rotatable bonds is 8. The molecular weight excluding hydrogens is 400 g/mol. The summed E-state index contributed by atoms with van der Waals surface area (Å²) in [6.45, 7) is 18.2. The Balaban J connectivity index is 1.48. The van der Waals surface area contributed by atoms with Gasteiger partial charge in [-0.2, -0.15) is 0 Å². The smallest absolute Gasteiger partial charge is 0.0612 e. The predicted molar refractivity (Wildman–Crippen MR) is 142 cm³/mol.